The molecule has 0 radical (unpaired) electrons. The second-order valence-electron chi connectivity index (χ2n) is 3.43. The summed E-state index contributed by atoms with van der Waals surface area (Å²) in [5.74, 6) is -0.969. The van der Waals surface area contributed by atoms with Gasteiger partial charge in [-0.15, -0.1) is 0 Å². The lowest BCUT2D eigenvalue weighted by atomic mass is 10.1. The molecule has 0 saturated heterocycles. The van der Waals surface area contributed by atoms with E-state index in [-0.39, 0.29) is 0 Å². The fraction of sp³-hybridized carbons (Fsp3) is 0.0909. The average Bonchev–Trinajstić information content (AvgIpc) is 2.59. The Hall–Kier alpha value is -1.62. The third-order valence-corrected chi connectivity index (χ3v) is 2.73. The van der Waals surface area contributed by atoms with Crippen LogP contribution in [0.5, 0.6) is 0 Å². The number of carboxylic acid groups (broad SMARTS) is 1. The average molecular weight is 281 g/mol. The number of aromatic nitrogens is 2. The molecule has 0 aliphatic carbocycles. The summed E-state index contributed by atoms with van der Waals surface area (Å²) in [6, 6.07) is 5.71. The van der Waals surface area contributed by atoms with Gasteiger partial charge in [0.05, 0.1) is 11.2 Å². The standard InChI is InChI=1S/C11H9BrN2O2/c1-6(4-10(15)16)11-8-5-7(12)2-3-9(8)13-14-11/h2-5H,1H3,(H,13,14)(H,15,16). The van der Waals surface area contributed by atoms with Crippen molar-refractivity contribution in [1.29, 1.82) is 0 Å². The molecule has 0 saturated carbocycles. The Morgan fingerprint density at radius 2 is 2.31 bits per heavy atom. The lowest BCUT2D eigenvalue weighted by molar-refractivity contribution is -0.131. The van der Waals surface area contributed by atoms with Gasteiger partial charge in [0, 0.05) is 15.9 Å². The number of benzene rings is 1. The van der Waals surface area contributed by atoms with Crippen molar-refractivity contribution in [2.75, 3.05) is 0 Å². The lowest BCUT2D eigenvalue weighted by Gasteiger charge is -1.96. The molecular weight excluding hydrogens is 272 g/mol. The number of aliphatic carboxylic acids is 1. The van der Waals surface area contributed by atoms with Gasteiger partial charge in [0.1, 0.15) is 0 Å². The van der Waals surface area contributed by atoms with Crippen molar-refractivity contribution in [3.05, 3.63) is 34.4 Å². The van der Waals surface area contributed by atoms with E-state index in [2.05, 4.69) is 26.1 Å². The smallest absolute Gasteiger partial charge is 0.328 e. The van der Waals surface area contributed by atoms with Gasteiger partial charge in [-0.3, -0.25) is 5.10 Å². The largest absolute Gasteiger partial charge is 0.478 e. The molecule has 2 N–H and O–H groups in total. The number of rotatable bonds is 2. The van der Waals surface area contributed by atoms with E-state index in [1.54, 1.807) is 6.92 Å². The Balaban J connectivity index is 2.61. The van der Waals surface area contributed by atoms with E-state index in [9.17, 15) is 4.79 Å². The van der Waals surface area contributed by atoms with Crippen molar-refractivity contribution >= 4 is 38.4 Å². The molecule has 2 rings (SSSR count). The minimum atomic E-state index is -0.969. The van der Waals surface area contributed by atoms with Crippen LogP contribution < -0.4 is 0 Å². The van der Waals surface area contributed by atoms with E-state index in [1.165, 1.54) is 0 Å². The van der Waals surface area contributed by atoms with Gasteiger partial charge in [0.15, 0.2) is 0 Å². The highest BCUT2D eigenvalue weighted by molar-refractivity contribution is 9.10. The molecule has 0 aliphatic heterocycles. The van der Waals surface area contributed by atoms with Gasteiger partial charge >= 0.3 is 5.97 Å². The first-order valence-corrected chi connectivity index (χ1v) is 5.42. The second-order valence-corrected chi connectivity index (χ2v) is 4.34. The summed E-state index contributed by atoms with van der Waals surface area (Å²) in [6.45, 7) is 1.73. The van der Waals surface area contributed by atoms with Gasteiger partial charge in [0.2, 0.25) is 0 Å². The third-order valence-electron chi connectivity index (χ3n) is 2.24. The van der Waals surface area contributed by atoms with Crippen LogP contribution in [0.1, 0.15) is 12.6 Å². The van der Waals surface area contributed by atoms with Gasteiger partial charge in [-0.2, -0.15) is 5.10 Å². The number of nitrogens with zero attached hydrogens (tertiary/aromatic N) is 1. The monoisotopic (exact) mass is 280 g/mol. The van der Waals surface area contributed by atoms with Crippen molar-refractivity contribution in [3.8, 4) is 0 Å². The number of halogens is 1. The van der Waals surface area contributed by atoms with E-state index >= 15 is 0 Å². The van der Waals surface area contributed by atoms with E-state index in [1.807, 2.05) is 18.2 Å². The third kappa shape index (κ3) is 1.99. The highest BCUT2D eigenvalue weighted by atomic mass is 79.9. The van der Waals surface area contributed by atoms with E-state index in [0.29, 0.717) is 11.3 Å². The van der Waals surface area contributed by atoms with Gasteiger partial charge in [-0.05, 0) is 30.7 Å². The molecule has 1 aromatic heterocycles. The molecule has 0 bridgehead atoms. The first kappa shape index (κ1) is 10.9. The van der Waals surface area contributed by atoms with Crippen molar-refractivity contribution in [2.24, 2.45) is 0 Å². The van der Waals surface area contributed by atoms with Gasteiger partial charge in [-0.1, -0.05) is 15.9 Å². The Labute approximate surface area is 100 Å². The molecular formula is C11H9BrN2O2. The molecule has 1 heterocycles. The predicted octanol–water partition coefficient (Wildman–Crippen LogP) is 2.81. The Kier molecular flexibility index (Phi) is 2.78. The van der Waals surface area contributed by atoms with Crippen LogP contribution in [0.25, 0.3) is 16.5 Å². The number of allylic oxidation sites excluding steroid dienone is 1. The number of carbonyl (C=O) groups is 1. The van der Waals surface area contributed by atoms with Gasteiger partial charge in [-0.25, -0.2) is 4.79 Å². The number of aromatic amines is 1. The molecule has 16 heavy (non-hydrogen) atoms. The molecule has 0 unspecified atom stereocenters. The molecule has 1 aromatic carbocycles. The molecule has 0 spiro atoms. The first-order chi connectivity index (χ1) is 7.58. The van der Waals surface area contributed by atoms with Crippen LogP contribution in [0.2, 0.25) is 0 Å². The van der Waals surface area contributed by atoms with Crippen LogP contribution in [-0.2, 0) is 4.79 Å². The number of nitrogens with one attached hydrogen (secondary N) is 1. The summed E-state index contributed by atoms with van der Waals surface area (Å²) in [7, 11) is 0. The molecule has 0 aliphatic rings. The Bertz CT molecular complexity index is 587. The fourth-order valence-electron chi connectivity index (χ4n) is 1.54. The van der Waals surface area contributed by atoms with Crippen molar-refractivity contribution in [2.45, 2.75) is 6.92 Å². The SMILES string of the molecule is CC(=CC(=O)O)c1n[nH]c2ccc(Br)cc12. The predicted molar refractivity (Wildman–Crippen MR) is 65.1 cm³/mol. The Morgan fingerprint density at radius 1 is 1.56 bits per heavy atom. The summed E-state index contributed by atoms with van der Waals surface area (Å²) < 4.78 is 0.936. The van der Waals surface area contributed by atoms with Crippen molar-refractivity contribution < 1.29 is 9.90 Å². The lowest BCUT2D eigenvalue weighted by Crippen LogP contribution is -1.90. The topological polar surface area (TPSA) is 66.0 Å². The molecule has 2 aromatic rings. The summed E-state index contributed by atoms with van der Waals surface area (Å²) in [4.78, 5) is 10.6. The molecule has 0 amide bonds. The Morgan fingerprint density at radius 3 is 3.00 bits per heavy atom. The minimum Gasteiger partial charge on any atom is -0.478 e. The summed E-state index contributed by atoms with van der Waals surface area (Å²) in [6.07, 6.45) is 1.15. The molecule has 4 nitrogen and oxygen atoms in total. The highest BCUT2D eigenvalue weighted by Crippen LogP contribution is 2.25. The molecule has 0 atom stereocenters. The van der Waals surface area contributed by atoms with Crippen LogP contribution in [-0.4, -0.2) is 21.3 Å². The first-order valence-electron chi connectivity index (χ1n) is 4.63. The molecule has 5 heteroatoms. The second kappa shape index (κ2) is 4.09. The van der Waals surface area contributed by atoms with Crippen LogP contribution in [0.4, 0.5) is 0 Å². The maximum Gasteiger partial charge on any atom is 0.328 e. The quantitative estimate of drug-likeness (QED) is 0.832. The zero-order valence-corrected chi connectivity index (χ0v) is 10.1. The number of hydrogen-bond donors (Lipinski definition) is 2. The van der Waals surface area contributed by atoms with Crippen LogP contribution in [0.15, 0.2) is 28.7 Å². The zero-order chi connectivity index (χ0) is 11.7. The number of H-pyrrole nitrogens is 1. The summed E-state index contributed by atoms with van der Waals surface area (Å²) in [5, 5.41) is 16.6. The summed E-state index contributed by atoms with van der Waals surface area (Å²) >= 11 is 3.37. The fourth-order valence-corrected chi connectivity index (χ4v) is 1.90. The van der Waals surface area contributed by atoms with Gasteiger partial charge < -0.3 is 5.11 Å². The minimum absolute atomic E-state index is 0.622. The molecule has 82 valence electrons. The van der Waals surface area contributed by atoms with Crippen LogP contribution in [0.3, 0.4) is 0 Å². The number of carboxylic acids is 1. The van der Waals surface area contributed by atoms with Crippen molar-refractivity contribution in [1.82, 2.24) is 10.2 Å². The van der Waals surface area contributed by atoms with E-state index in [4.69, 9.17) is 5.11 Å². The zero-order valence-electron chi connectivity index (χ0n) is 8.49. The summed E-state index contributed by atoms with van der Waals surface area (Å²) in [5.41, 5.74) is 2.17. The number of hydrogen-bond acceptors (Lipinski definition) is 2. The van der Waals surface area contributed by atoms with Crippen LogP contribution in [0, 0.1) is 0 Å². The van der Waals surface area contributed by atoms with Crippen LogP contribution >= 0.6 is 15.9 Å². The van der Waals surface area contributed by atoms with E-state index < -0.39 is 5.97 Å². The maximum atomic E-state index is 10.6. The van der Waals surface area contributed by atoms with E-state index in [0.717, 1.165) is 21.5 Å². The maximum absolute atomic E-state index is 10.6. The normalized spacial score (nSPS) is 12.0. The molecule has 0 fully saturated rings. The van der Waals surface area contributed by atoms with Crippen molar-refractivity contribution in [3.63, 3.8) is 0 Å². The number of fused-ring (bicyclic) bond motifs is 1. The highest BCUT2D eigenvalue weighted by Gasteiger charge is 2.08. The van der Waals surface area contributed by atoms with Gasteiger partial charge in [0.25, 0.3) is 0 Å².